The molecule has 0 bridgehead atoms. The van der Waals surface area contributed by atoms with Crippen LogP contribution in [0.3, 0.4) is 0 Å². The number of cyclic esters (lactones) is 1. The van der Waals surface area contributed by atoms with Gasteiger partial charge in [-0.15, -0.1) is 0 Å². The fraction of sp³-hybridized carbons (Fsp3) is 0.545. The molecule has 0 radical (unpaired) electrons. The molecular weight excluding hydrogens is 178 g/mol. The number of allylic oxidation sites excluding steroid dienone is 4. The van der Waals surface area contributed by atoms with E-state index in [2.05, 4.69) is 29.6 Å². The SMILES string of the molecule is O=C1NC(CCC2C=CC=CC2)CO1. The second kappa shape index (κ2) is 4.31. The van der Waals surface area contributed by atoms with E-state index in [1.807, 2.05) is 0 Å². The molecule has 1 aliphatic carbocycles. The molecule has 14 heavy (non-hydrogen) atoms. The molecule has 1 aliphatic heterocycles. The van der Waals surface area contributed by atoms with Crippen molar-refractivity contribution in [2.75, 3.05) is 6.61 Å². The summed E-state index contributed by atoms with van der Waals surface area (Å²) in [6, 6.07) is 0.224. The maximum absolute atomic E-state index is 10.7. The first kappa shape index (κ1) is 9.31. The minimum Gasteiger partial charge on any atom is -0.447 e. The zero-order valence-corrected chi connectivity index (χ0v) is 8.11. The summed E-state index contributed by atoms with van der Waals surface area (Å²) >= 11 is 0. The molecule has 0 saturated carbocycles. The largest absolute Gasteiger partial charge is 0.447 e. The molecule has 2 unspecified atom stereocenters. The molecule has 76 valence electrons. The van der Waals surface area contributed by atoms with Gasteiger partial charge in [0.25, 0.3) is 0 Å². The van der Waals surface area contributed by atoms with Gasteiger partial charge in [-0.25, -0.2) is 4.79 Å². The molecule has 2 aliphatic rings. The van der Waals surface area contributed by atoms with Gasteiger partial charge in [-0.1, -0.05) is 24.3 Å². The summed E-state index contributed by atoms with van der Waals surface area (Å²) in [7, 11) is 0. The molecule has 3 heteroatoms. The Morgan fingerprint density at radius 3 is 3.00 bits per heavy atom. The third-order valence-corrected chi connectivity index (χ3v) is 2.69. The van der Waals surface area contributed by atoms with Crippen molar-refractivity contribution in [2.24, 2.45) is 5.92 Å². The van der Waals surface area contributed by atoms with Crippen LogP contribution in [-0.2, 0) is 4.74 Å². The van der Waals surface area contributed by atoms with E-state index in [4.69, 9.17) is 4.74 Å². The smallest absolute Gasteiger partial charge is 0.407 e. The number of alkyl carbamates (subject to hydrolysis) is 1. The van der Waals surface area contributed by atoms with Crippen molar-refractivity contribution >= 4 is 6.09 Å². The Morgan fingerprint density at radius 2 is 2.36 bits per heavy atom. The topological polar surface area (TPSA) is 38.3 Å². The Morgan fingerprint density at radius 1 is 1.43 bits per heavy atom. The lowest BCUT2D eigenvalue weighted by atomic mass is 9.94. The summed E-state index contributed by atoms with van der Waals surface area (Å²) in [6.07, 6.45) is 11.6. The Bertz CT molecular complexity index is 270. The number of carbonyl (C=O) groups is 1. The minimum atomic E-state index is -0.269. The zero-order chi connectivity index (χ0) is 9.80. The van der Waals surface area contributed by atoms with Crippen molar-refractivity contribution in [3.8, 4) is 0 Å². The highest BCUT2D eigenvalue weighted by Crippen LogP contribution is 2.19. The van der Waals surface area contributed by atoms with Crippen molar-refractivity contribution < 1.29 is 9.53 Å². The average molecular weight is 193 g/mol. The van der Waals surface area contributed by atoms with E-state index >= 15 is 0 Å². The lowest BCUT2D eigenvalue weighted by molar-refractivity contribution is 0.176. The van der Waals surface area contributed by atoms with Crippen LogP contribution in [0, 0.1) is 5.92 Å². The van der Waals surface area contributed by atoms with E-state index in [-0.39, 0.29) is 12.1 Å². The van der Waals surface area contributed by atoms with Gasteiger partial charge >= 0.3 is 6.09 Å². The van der Waals surface area contributed by atoms with Gasteiger partial charge < -0.3 is 10.1 Å². The predicted molar refractivity (Wildman–Crippen MR) is 53.9 cm³/mol. The van der Waals surface area contributed by atoms with Crippen LogP contribution in [0.4, 0.5) is 4.79 Å². The van der Waals surface area contributed by atoms with Crippen LogP contribution < -0.4 is 5.32 Å². The number of carbonyl (C=O) groups excluding carboxylic acids is 1. The van der Waals surface area contributed by atoms with Crippen molar-refractivity contribution in [2.45, 2.75) is 25.3 Å². The molecule has 3 nitrogen and oxygen atoms in total. The normalized spacial score (nSPS) is 30.1. The molecule has 1 N–H and O–H groups in total. The lowest BCUT2D eigenvalue weighted by Gasteiger charge is -2.14. The molecular formula is C11H15NO2. The van der Waals surface area contributed by atoms with Gasteiger partial charge in [0.15, 0.2) is 0 Å². The zero-order valence-electron chi connectivity index (χ0n) is 8.11. The van der Waals surface area contributed by atoms with Crippen LogP contribution in [0.1, 0.15) is 19.3 Å². The van der Waals surface area contributed by atoms with Crippen LogP contribution in [0.25, 0.3) is 0 Å². The molecule has 0 aromatic carbocycles. The van der Waals surface area contributed by atoms with Gasteiger partial charge in [-0.2, -0.15) is 0 Å². The van der Waals surface area contributed by atoms with Crippen LogP contribution >= 0.6 is 0 Å². The number of ether oxygens (including phenoxy) is 1. The first-order chi connectivity index (χ1) is 6.84. The summed E-state index contributed by atoms with van der Waals surface area (Å²) in [4.78, 5) is 10.7. The summed E-state index contributed by atoms with van der Waals surface area (Å²) < 4.78 is 4.82. The molecule has 0 aromatic heterocycles. The van der Waals surface area contributed by atoms with Crippen LogP contribution in [0.15, 0.2) is 24.3 Å². The van der Waals surface area contributed by atoms with Crippen LogP contribution in [0.5, 0.6) is 0 Å². The van der Waals surface area contributed by atoms with Gasteiger partial charge in [-0.3, -0.25) is 0 Å². The number of rotatable bonds is 3. The van der Waals surface area contributed by atoms with E-state index in [1.165, 1.54) is 0 Å². The van der Waals surface area contributed by atoms with Gasteiger partial charge in [0.1, 0.15) is 6.61 Å². The minimum absolute atomic E-state index is 0.224. The van der Waals surface area contributed by atoms with Crippen LogP contribution in [-0.4, -0.2) is 18.7 Å². The van der Waals surface area contributed by atoms with E-state index in [9.17, 15) is 4.79 Å². The fourth-order valence-corrected chi connectivity index (χ4v) is 1.84. The molecule has 0 aromatic rings. The maximum Gasteiger partial charge on any atom is 0.407 e. The molecule has 1 heterocycles. The van der Waals surface area contributed by atoms with Crippen molar-refractivity contribution in [3.63, 3.8) is 0 Å². The van der Waals surface area contributed by atoms with Gasteiger partial charge in [0.2, 0.25) is 0 Å². The molecule has 1 fully saturated rings. The Hall–Kier alpha value is -1.25. The number of hydrogen-bond acceptors (Lipinski definition) is 2. The summed E-state index contributed by atoms with van der Waals surface area (Å²) in [5.74, 6) is 0.637. The number of hydrogen-bond donors (Lipinski definition) is 1. The average Bonchev–Trinajstić information content (AvgIpc) is 2.63. The van der Waals surface area contributed by atoms with Crippen molar-refractivity contribution in [3.05, 3.63) is 24.3 Å². The second-order valence-electron chi connectivity index (χ2n) is 3.83. The van der Waals surface area contributed by atoms with E-state index in [1.54, 1.807) is 0 Å². The van der Waals surface area contributed by atoms with E-state index in [0.717, 1.165) is 19.3 Å². The summed E-state index contributed by atoms with van der Waals surface area (Å²) in [6.45, 7) is 0.533. The summed E-state index contributed by atoms with van der Waals surface area (Å²) in [5, 5.41) is 2.79. The van der Waals surface area contributed by atoms with Crippen molar-refractivity contribution in [1.82, 2.24) is 5.32 Å². The van der Waals surface area contributed by atoms with Crippen LogP contribution in [0.2, 0.25) is 0 Å². The molecule has 2 rings (SSSR count). The third-order valence-electron chi connectivity index (χ3n) is 2.69. The predicted octanol–water partition coefficient (Wildman–Crippen LogP) is 2.01. The summed E-state index contributed by atoms with van der Waals surface area (Å²) in [5.41, 5.74) is 0. The lowest BCUT2D eigenvalue weighted by Crippen LogP contribution is -2.26. The molecule has 1 saturated heterocycles. The fourth-order valence-electron chi connectivity index (χ4n) is 1.84. The highest BCUT2D eigenvalue weighted by atomic mass is 16.6. The second-order valence-corrected chi connectivity index (χ2v) is 3.83. The highest BCUT2D eigenvalue weighted by molar-refractivity contribution is 5.69. The first-order valence-electron chi connectivity index (χ1n) is 5.11. The van der Waals surface area contributed by atoms with E-state index < -0.39 is 0 Å². The standard InChI is InChI=1S/C11H15NO2/c13-11-12-10(8-14-11)7-6-9-4-2-1-3-5-9/h1-4,9-10H,5-8H2,(H,12,13). The monoisotopic (exact) mass is 193 g/mol. The Kier molecular flexibility index (Phi) is 2.87. The van der Waals surface area contributed by atoms with Gasteiger partial charge in [0.05, 0.1) is 6.04 Å². The quantitative estimate of drug-likeness (QED) is 0.744. The molecule has 0 spiro atoms. The van der Waals surface area contributed by atoms with Crippen molar-refractivity contribution in [1.29, 1.82) is 0 Å². The number of nitrogens with one attached hydrogen (secondary N) is 1. The van der Waals surface area contributed by atoms with E-state index in [0.29, 0.717) is 12.5 Å². The molecule has 2 atom stereocenters. The number of amides is 1. The molecule has 1 amide bonds. The van der Waals surface area contributed by atoms with Gasteiger partial charge in [0, 0.05) is 0 Å². The highest BCUT2D eigenvalue weighted by Gasteiger charge is 2.22. The van der Waals surface area contributed by atoms with Gasteiger partial charge in [-0.05, 0) is 25.2 Å². The third kappa shape index (κ3) is 2.37. The Balaban J connectivity index is 1.69. The first-order valence-corrected chi connectivity index (χ1v) is 5.11. The Labute approximate surface area is 83.8 Å². The maximum atomic E-state index is 10.7.